The van der Waals surface area contributed by atoms with Crippen LogP contribution in [0, 0.1) is 6.92 Å². The highest BCUT2D eigenvalue weighted by atomic mass is 16.5. The molecule has 0 aliphatic carbocycles. The number of hydrogen-bond acceptors (Lipinski definition) is 3. The minimum absolute atomic E-state index is 0.572. The second-order valence-corrected chi connectivity index (χ2v) is 3.49. The van der Waals surface area contributed by atoms with Crippen molar-refractivity contribution in [3.63, 3.8) is 0 Å². The first-order valence-electron chi connectivity index (χ1n) is 5.32. The molecule has 2 rings (SSSR count). The Labute approximate surface area is 95.1 Å². The van der Waals surface area contributed by atoms with Gasteiger partial charge in [-0.15, -0.1) is 0 Å². The Hall–Kier alpha value is -1.90. The van der Waals surface area contributed by atoms with E-state index in [0.717, 1.165) is 11.3 Å². The van der Waals surface area contributed by atoms with Crippen LogP contribution in [0.15, 0.2) is 36.7 Å². The first-order chi connectivity index (χ1) is 7.81. The first-order valence-corrected chi connectivity index (χ1v) is 5.32. The summed E-state index contributed by atoms with van der Waals surface area (Å²) in [5.41, 5.74) is 3.13. The topological polar surface area (TPSA) is 35.0 Å². The lowest BCUT2D eigenvalue weighted by Crippen LogP contribution is -1.97. The van der Waals surface area contributed by atoms with Crippen LogP contribution in [-0.2, 0) is 0 Å². The van der Waals surface area contributed by atoms with Gasteiger partial charge in [-0.1, -0.05) is 24.3 Å². The summed E-state index contributed by atoms with van der Waals surface area (Å²) in [5.74, 6) is 0.572. The maximum Gasteiger partial charge on any atom is 0.232 e. The summed E-state index contributed by atoms with van der Waals surface area (Å²) in [6.45, 7) is 4.60. The van der Waals surface area contributed by atoms with E-state index in [1.165, 1.54) is 5.56 Å². The van der Waals surface area contributed by atoms with Crippen LogP contribution >= 0.6 is 0 Å². The molecule has 1 heterocycles. The highest BCUT2D eigenvalue weighted by Gasteiger charge is 2.04. The molecule has 0 bridgehead atoms. The Morgan fingerprint density at radius 2 is 2.00 bits per heavy atom. The van der Waals surface area contributed by atoms with Gasteiger partial charge in [0.2, 0.25) is 5.88 Å². The molecule has 0 aliphatic rings. The molecule has 0 aliphatic heterocycles. The number of ether oxygens (including phenoxy) is 1. The van der Waals surface area contributed by atoms with E-state index < -0.39 is 0 Å². The van der Waals surface area contributed by atoms with Gasteiger partial charge in [0.25, 0.3) is 0 Å². The van der Waals surface area contributed by atoms with Gasteiger partial charge in [0.15, 0.2) is 0 Å². The average Bonchev–Trinajstić information content (AvgIpc) is 2.30. The minimum Gasteiger partial charge on any atom is -0.477 e. The molecule has 2 aromatic rings. The highest BCUT2D eigenvalue weighted by molar-refractivity contribution is 5.62. The van der Waals surface area contributed by atoms with Crippen LogP contribution in [0.25, 0.3) is 11.3 Å². The summed E-state index contributed by atoms with van der Waals surface area (Å²) in [6.07, 6.45) is 3.39. The fourth-order valence-corrected chi connectivity index (χ4v) is 1.56. The molecule has 0 saturated heterocycles. The fourth-order valence-electron chi connectivity index (χ4n) is 1.56. The second-order valence-electron chi connectivity index (χ2n) is 3.49. The number of hydrogen-bond donors (Lipinski definition) is 0. The van der Waals surface area contributed by atoms with Crippen molar-refractivity contribution in [3.05, 3.63) is 42.2 Å². The standard InChI is InChI=1S/C13H14N2O/c1-3-16-13-9-14-8-12(15-13)11-7-5-4-6-10(11)2/h4-9H,3H2,1-2H3. The predicted molar refractivity (Wildman–Crippen MR) is 63.4 cm³/mol. The van der Waals surface area contributed by atoms with Gasteiger partial charge in [-0.05, 0) is 19.4 Å². The maximum atomic E-state index is 5.33. The van der Waals surface area contributed by atoms with E-state index in [9.17, 15) is 0 Å². The van der Waals surface area contributed by atoms with Crippen LogP contribution in [0.3, 0.4) is 0 Å². The zero-order chi connectivity index (χ0) is 11.4. The second kappa shape index (κ2) is 4.75. The molecule has 3 heteroatoms. The molecular formula is C13H14N2O. The van der Waals surface area contributed by atoms with E-state index in [2.05, 4.69) is 23.0 Å². The van der Waals surface area contributed by atoms with Crippen molar-refractivity contribution >= 4 is 0 Å². The summed E-state index contributed by atoms with van der Waals surface area (Å²) in [7, 11) is 0. The fraction of sp³-hybridized carbons (Fsp3) is 0.231. The number of aromatic nitrogens is 2. The molecule has 16 heavy (non-hydrogen) atoms. The zero-order valence-corrected chi connectivity index (χ0v) is 9.47. The van der Waals surface area contributed by atoms with Crippen LogP contribution in [0.4, 0.5) is 0 Å². The molecule has 82 valence electrons. The molecular weight excluding hydrogens is 200 g/mol. The molecule has 0 atom stereocenters. The molecule has 0 amide bonds. The van der Waals surface area contributed by atoms with Gasteiger partial charge in [0.1, 0.15) is 0 Å². The van der Waals surface area contributed by atoms with E-state index in [1.54, 1.807) is 12.4 Å². The normalized spacial score (nSPS) is 10.1. The van der Waals surface area contributed by atoms with Crippen LogP contribution in [-0.4, -0.2) is 16.6 Å². The monoisotopic (exact) mass is 214 g/mol. The van der Waals surface area contributed by atoms with Crippen molar-refractivity contribution < 1.29 is 4.74 Å². The third-order valence-electron chi connectivity index (χ3n) is 2.33. The smallest absolute Gasteiger partial charge is 0.232 e. The quantitative estimate of drug-likeness (QED) is 0.788. The van der Waals surface area contributed by atoms with E-state index in [-0.39, 0.29) is 0 Å². The van der Waals surface area contributed by atoms with E-state index in [0.29, 0.717) is 12.5 Å². The Balaban J connectivity index is 2.40. The first kappa shape index (κ1) is 10.6. The summed E-state index contributed by atoms with van der Waals surface area (Å²) >= 11 is 0. The Kier molecular flexibility index (Phi) is 3.15. The third kappa shape index (κ3) is 2.19. The van der Waals surface area contributed by atoms with Crippen LogP contribution in [0.5, 0.6) is 5.88 Å². The highest BCUT2D eigenvalue weighted by Crippen LogP contribution is 2.21. The van der Waals surface area contributed by atoms with Gasteiger partial charge < -0.3 is 4.74 Å². The molecule has 0 N–H and O–H groups in total. The van der Waals surface area contributed by atoms with Crippen molar-refractivity contribution in [2.24, 2.45) is 0 Å². The average molecular weight is 214 g/mol. The van der Waals surface area contributed by atoms with Gasteiger partial charge >= 0.3 is 0 Å². The largest absolute Gasteiger partial charge is 0.477 e. The predicted octanol–water partition coefficient (Wildman–Crippen LogP) is 2.85. The molecule has 0 radical (unpaired) electrons. The number of rotatable bonds is 3. The van der Waals surface area contributed by atoms with Gasteiger partial charge in [-0.2, -0.15) is 0 Å². The van der Waals surface area contributed by atoms with Crippen LogP contribution < -0.4 is 4.74 Å². The molecule has 1 aromatic heterocycles. The Bertz CT molecular complexity index is 483. The van der Waals surface area contributed by atoms with Crippen molar-refractivity contribution in [1.29, 1.82) is 0 Å². The van der Waals surface area contributed by atoms with E-state index in [4.69, 9.17) is 4.74 Å². The Morgan fingerprint density at radius 1 is 1.19 bits per heavy atom. The van der Waals surface area contributed by atoms with Crippen molar-refractivity contribution in [3.8, 4) is 17.1 Å². The molecule has 0 fully saturated rings. The molecule has 3 nitrogen and oxygen atoms in total. The van der Waals surface area contributed by atoms with Crippen LogP contribution in [0.1, 0.15) is 12.5 Å². The molecule has 0 unspecified atom stereocenters. The van der Waals surface area contributed by atoms with Gasteiger partial charge in [-0.3, -0.25) is 4.98 Å². The van der Waals surface area contributed by atoms with E-state index in [1.807, 2.05) is 25.1 Å². The lowest BCUT2D eigenvalue weighted by Gasteiger charge is -2.06. The third-order valence-corrected chi connectivity index (χ3v) is 2.33. The number of nitrogens with zero attached hydrogens (tertiary/aromatic N) is 2. The summed E-state index contributed by atoms with van der Waals surface area (Å²) in [4.78, 5) is 8.54. The number of benzene rings is 1. The summed E-state index contributed by atoms with van der Waals surface area (Å²) in [5, 5.41) is 0. The van der Waals surface area contributed by atoms with Crippen molar-refractivity contribution in [2.45, 2.75) is 13.8 Å². The van der Waals surface area contributed by atoms with Crippen LogP contribution in [0.2, 0.25) is 0 Å². The summed E-state index contributed by atoms with van der Waals surface area (Å²) in [6, 6.07) is 8.11. The zero-order valence-electron chi connectivity index (χ0n) is 9.47. The van der Waals surface area contributed by atoms with Gasteiger partial charge in [0, 0.05) is 5.56 Å². The lowest BCUT2D eigenvalue weighted by atomic mass is 10.1. The number of aryl methyl sites for hydroxylation is 1. The van der Waals surface area contributed by atoms with Crippen molar-refractivity contribution in [1.82, 2.24) is 9.97 Å². The van der Waals surface area contributed by atoms with Gasteiger partial charge in [0.05, 0.1) is 24.7 Å². The maximum absolute atomic E-state index is 5.33. The molecule has 0 saturated carbocycles. The molecule has 1 aromatic carbocycles. The van der Waals surface area contributed by atoms with E-state index >= 15 is 0 Å². The molecule has 0 spiro atoms. The lowest BCUT2D eigenvalue weighted by molar-refractivity contribution is 0.325. The SMILES string of the molecule is CCOc1cncc(-c2ccccc2C)n1. The minimum atomic E-state index is 0.572. The van der Waals surface area contributed by atoms with Gasteiger partial charge in [-0.25, -0.2) is 4.98 Å². The van der Waals surface area contributed by atoms with Crippen molar-refractivity contribution in [2.75, 3.05) is 6.61 Å². The Morgan fingerprint density at radius 3 is 2.75 bits per heavy atom. The summed E-state index contributed by atoms with van der Waals surface area (Å²) < 4.78 is 5.33.